The second-order valence-corrected chi connectivity index (χ2v) is 8.12. The van der Waals surface area contributed by atoms with E-state index in [0.29, 0.717) is 17.5 Å². The molecule has 0 aliphatic rings. The van der Waals surface area contributed by atoms with E-state index in [4.69, 9.17) is 4.74 Å². The number of halogens is 4. The van der Waals surface area contributed by atoms with Crippen LogP contribution in [0.4, 0.5) is 17.6 Å². The Balaban J connectivity index is 1.94. The highest BCUT2D eigenvalue weighted by molar-refractivity contribution is 7.99. The monoisotopic (exact) mass is 443 g/mol. The van der Waals surface area contributed by atoms with E-state index in [0.717, 1.165) is 11.1 Å². The average Bonchev–Trinajstić information content (AvgIpc) is 2.69. The summed E-state index contributed by atoms with van der Waals surface area (Å²) in [5.74, 6) is -7.75. The second-order valence-electron chi connectivity index (χ2n) is 5.72. The van der Waals surface area contributed by atoms with Crippen LogP contribution in [0.3, 0.4) is 0 Å². The number of ether oxygens (including phenoxy) is 1. The molecule has 0 spiro atoms. The van der Waals surface area contributed by atoms with Gasteiger partial charge in [0.05, 0.1) is 12.0 Å². The van der Waals surface area contributed by atoms with Crippen LogP contribution in [0, 0.1) is 23.3 Å². The molecule has 10 heteroatoms. The Morgan fingerprint density at radius 2 is 1.24 bits per heavy atom. The van der Waals surface area contributed by atoms with Crippen molar-refractivity contribution < 1.29 is 35.3 Å². The summed E-state index contributed by atoms with van der Waals surface area (Å²) in [5.41, 5.74) is 1.60. The van der Waals surface area contributed by atoms with Crippen molar-refractivity contribution in [2.24, 2.45) is 0 Å². The Bertz CT molecular complexity index is 1130. The fourth-order valence-electron chi connectivity index (χ4n) is 2.52. The summed E-state index contributed by atoms with van der Waals surface area (Å²) in [7, 11) is -4.21. The molecule has 3 aromatic rings. The molecule has 4 nitrogen and oxygen atoms in total. The van der Waals surface area contributed by atoms with Crippen molar-refractivity contribution in [2.45, 2.75) is 14.7 Å². The highest BCUT2D eigenvalue weighted by atomic mass is 32.2. The molecule has 0 heterocycles. The molecule has 0 aromatic heterocycles. The Labute approximate surface area is 167 Å². The molecule has 29 heavy (non-hydrogen) atoms. The van der Waals surface area contributed by atoms with E-state index >= 15 is 0 Å². The van der Waals surface area contributed by atoms with Crippen LogP contribution in [-0.2, 0) is 10.1 Å². The molecular weight excluding hydrogens is 432 g/mol. The fraction of sp³-hybridized carbons (Fsp3) is 0.0526. The lowest BCUT2D eigenvalue weighted by molar-refractivity contribution is 0.381. The minimum Gasteiger partial charge on any atom is -0.744 e. The number of hydrogen-bond donors (Lipinski definition) is 0. The molecule has 0 bridgehead atoms. The quantitative estimate of drug-likeness (QED) is 0.316. The van der Waals surface area contributed by atoms with Gasteiger partial charge in [-0.2, -0.15) is 0 Å². The van der Waals surface area contributed by atoms with E-state index in [1.54, 1.807) is 36.4 Å². The first-order valence-corrected chi connectivity index (χ1v) is 10.1. The van der Waals surface area contributed by atoms with Gasteiger partial charge in [0.15, 0.2) is 23.3 Å². The number of benzene rings is 3. The van der Waals surface area contributed by atoms with Crippen molar-refractivity contribution in [2.75, 3.05) is 7.11 Å². The van der Waals surface area contributed by atoms with Crippen molar-refractivity contribution in [3.8, 4) is 16.9 Å². The molecule has 3 rings (SSSR count). The highest BCUT2D eigenvalue weighted by Gasteiger charge is 2.29. The minimum absolute atomic E-state index is 0.233. The SMILES string of the molecule is COc1ccc(-c2ccc(Sc3c(F)c(F)c(S(=O)(=O)[O-])c(F)c3F)cc2)cc1. The predicted molar refractivity (Wildman–Crippen MR) is 96.8 cm³/mol. The first-order chi connectivity index (χ1) is 13.6. The molecule has 0 saturated heterocycles. The van der Waals surface area contributed by atoms with Gasteiger partial charge < -0.3 is 9.29 Å². The molecule has 3 aromatic carbocycles. The molecule has 0 saturated carbocycles. The molecule has 0 unspecified atom stereocenters. The van der Waals surface area contributed by atoms with E-state index in [-0.39, 0.29) is 4.90 Å². The van der Waals surface area contributed by atoms with Crippen LogP contribution in [-0.4, -0.2) is 20.1 Å². The van der Waals surface area contributed by atoms with Gasteiger partial charge >= 0.3 is 0 Å². The van der Waals surface area contributed by atoms with Crippen LogP contribution in [0.5, 0.6) is 5.75 Å². The lowest BCUT2D eigenvalue weighted by Crippen LogP contribution is -2.11. The molecule has 0 atom stereocenters. The van der Waals surface area contributed by atoms with Gasteiger partial charge in [0, 0.05) is 4.90 Å². The molecule has 0 N–H and O–H groups in total. The molecule has 0 aliphatic carbocycles. The summed E-state index contributed by atoms with van der Waals surface area (Å²) in [6, 6.07) is 13.3. The smallest absolute Gasteiger partial charge is 0.180 e. The largest absolute Gasteiger partial charge is 0.744 e. The first-order valence-electron chi connectivity index (χ1n) is 7.87. The highest BCUT2D eigenvalue weighted by Crippen LogP contribution is 2.37. The lowest BCUT2D eigenvalue weighted by Gasteiger charge is -2.14. The minimum atomic E-state index is -5.74. The van der Waals surface area contributed by atoms with Crippen LogP contribution in [0.25, 0.3) is 11.1 Å². The fourth-order valence-corrected chi connectivity index (χ4v) is 4.00. The third-order valence-corrected chi connectivity index (χ3v) is 5.86. The van der Waals surface area contributed by atoms with Gasteiger partial charge in [0.25, 0.3) is 0 Å². The molecule has 0 radical (unpaired) electrons. The van der Waals surface area contributed by atoms with Crippen molar-refractivity contribution in [3.05, 3.63) is 71.8 Å². The zero-order chi connectivity index (χ0) is 21.3. The normalized spacial score (nSPS) is 11.5. The summed E-state index contributed by atoms with van der Waals surface area (Å²) in [4.78, 5) is -3.03. The van der Waals surface area contributed by atoms with Crippen molar-refractivity contribution in [1.82, 2.24) is 0 Å². The Morgan fingerprint density at radius 1 is 0.793 bits per heavy atom. The Morgan fingerprint density at radius 3 is 1.66 bits per heavy atom. The average molecular weight is 443 g/mol. The molecule has 0 amide bonds. The van der Waals surface area contributed by atoms with E-state index in [1.165, 1.54) is 19.2 Å². The van der Waals surface area contributed by atoms with Gasteiger partial charge in [-0.25, -0.2) is 26.0 Å². The van der Waals surface area contributed by atoms with Gasteiger partial charge in [-0.05, 0) is 35.4 Å². The van der Waals surface area contributed by atoms with Gasteiger partial charge in [-0.1, -0.05) is 36.0 Å². The van der Waals surface area contributed by atoms with E-state index in [9.17, 15) is 30.5 Å². The first kappa shape index (κ1) is 21.2. The van der Waals surface area contributed by atoms with E-state index in [1.807, 2.05) is 0 Å². The maximum Gasteiger partial charge on any atom is 0.180 e. The van der Waals surface area contributed by atoms with Gasteiger partial charge in [0.2, 0.25) is 0 Å². The van der Waals surface area contributed by atoms with Crippen LogP contribution < -0.4 is 4.74 Å². The lowest BCUT2D eigenvalue weighted by atomic mass is 10.1. The van der Waals surface area contributed by atoms with E-state index in [2.05, 4.69) is 0 Å². The second kappa shape index (κ2) is 8.05. The zero-order valence-corrected chi connectivity index (χ0v) is 16.2. The Hall–Kier alpha value is -2.56. The molecule has 0 fully saturated rings. The molecular formula is C19H11F4O4S2-. The third kappa shape index (κ3) is 4.24. The summed E-state index contributed by atoms with van der Waals surface area (Å²) in [6.45, 7) is 0. The van der Waals surface area contributed by atoms with Gasteiger partial charge in [-0.3, -0.25) is 0 Å². The summed E-state index contributed by atoms with van der Waals surface area (Å²) in [5, 5.41) is 0. The standard InChI is InChI=1S/C19H12F4O4S2/c1-27-12-6-2-10(3-7-12)11-4-8-13(9-5-11)28-18-14(20)16(22)19(29(24,25)26)17(23)15(18)21/h2-9H,1H3,(H,24,25,26)/p-1. The summed E-state index contributed by atoms with van der Waals surface area (Å²) >= 11 is 0.352. The summed E-state index contributed by atoms with van der Waals surface area (Å²) < 4.78 is 93.7. The topological polar surface area (TPSA) is 66.4 Å². The van der Waals surface area contributed by atoms with Crippen LogP contribution >= 0.6 is 11.8 Å². The maximum atomic E-state index is 14.1. The van der Waals surface area contributed by atoms with Crippen molar-refractivity contribution in [3.63, 3.8) is 0 Å². The number of rotatable bonds is 5. The van der Waals surface area contributed by atoms with Crippen LogP contribution in [0.15, 0.2) is 63.2 Å². The van der Waals surface area contributed by atoms with Crippen molar-refractivity contribution in [1.29, 1.82) is 0 Å². The summed E-state index contributed by atoms with van der Waals surface area (Å²) in [6.07, 6.45) is 0. The van der Waals surface area contributed by atoms with Gasteiger partial charge in [0.1, 0.15) is 20.8 Å². The molecule has 152 valence electrons. The van der Waals surface area contributed by atoms with Crippen LogP contribution in [0.2, 0.25) is 0 Å². The van der Waals surface area contributed by atoms with E-state index < -0.39 is 43.2 Å². The Kier molecular flexibility index (Phi) is 5.87. The maximum absolute atomic E-state index is 14.1. The third-order valence-electron chi connectivity index (χ3n) is 3.93. The van der Waals surface area contributed by atoms with Gasteiger partial charge in [-0.15, -0.1) is 0 Å². The number of methoxy groups -OCH3 is 1. The number of hydrogen-bond acceptors (Lipinski definition) is 5. The van der Waals surface area contributed by atoms with Crippen LogP contribution in [0.1, 0.15) is 0 Å². The zero-order valence-electron chi connectivity index (χ0n) is 14.6. The van der Waals surface area contributed by atoms with Crippen molar-refractivity contribution >= 4 is 21.9 Å². The molecule has 0 aliphatic heterocycles. The predicted octanol–water partition coefficient (Wildman–Crippen LogP) is 4.97.